The van der Waals surface area contributed by atoms with Gasteiger partial charge in [0.2, 0.25) is 17.7 Å². The molecule has 3 aromatic rings. The fourth-order valence-corrected chi connectivity index (χ4v) is 9.11. The Kier molecular flexibility index (Phi) is 11.8. The summed E-state index contributed by atoms with van der Waals surface area (Å²) in [6.45, 7) is 9.74. The molecule has 3 saturated heterocycles. The van der Waals surface area contributed by atoms with Gasteiger partial charge in [0.25, 0.3) is 0 Å². The van der Waals surface area contributed by atoms with E-state index in [9.17, 15) is 24.3 Å². The lowest BCUT2D eigenvalue weighted by atomic mass is 9.70. The summed E-state index contributed by atoms with van der Waals surface area (Å²) in [5.41, 5.74) is 0.785. The molecule has 53 heavy (non-hydrogen) atoms. The minimum Gasteiger partial charge on any atom is -0.455 e. The van der Waals surface area contributed by atoms with Gasteiger partial charge in [-0.3, -0.25) is 19.2 Å². The second kappa shape index (κ2) is 16.3. The van der Waals surface area contributed by atoms with Crippen LogP contribution in [-0.4, -0.2) is 114 Å². The first kappa shape index (κ1) is 38.3. The number of aliphatic hydroxyl groups excluding tert-OH is 1. The number of likely N-dealkylation sites (tertiary alicyclic amines) is 1. The zero-order valence-electron chi connectivity index (χ0n) is 30.1. The van der Waals surface area contributed by atoms with Gasteiger partial charge in [-0.2, -0.15) is 0 Å². The van der Waals surface area contributed by atoms with E-state index in [1.807, 2.05) is 61.5 Å². The maximum absolute atomic E-state index is 14.9. The van der Waals surface area contributed by atoms with E-state index >= 15 is 0 Å². The van der Waals surface area contributed by atoms with Crippen LogP contribution in [0.2, 0.25) is 0 Å². The number of esters is 1. The SMILES string of the molecule is C=CCCC(=O)N(C)[C@H](C)[C@H](OC(=O)[C@H]1[C@@H]2O[C@@]3(CC2Br)[C@@H]1C(=O)N(CCCCO)[C@@H]3C(=O)N(CC=C)Cn1nnc2ccccc21)c1ccccc1. The minimum atomic E-state index is -1.33. The lowest BCUT2D eigenvalue weighted by Crippen LogP contribution is -2.57. The van der Waals surface area contributed by atoms with Crippen LogP contribution in [0.5, 0.6) is 0 Å². The number of para-hydroxylation sites is 1. The van der Waals surface area contributed by atoms with Crippen molar-refractivity contribution in [3.05, 3.63) is 85.5 Å². The van der Waals surface area contributed by atoms with E-state index in [0.29, 0.717) is 36.8 Å². The molecule has 3 fully saturated rings. The van der Waals surface area contributed by atoms with Crippen molar-refractivity contribution < 1.29 is 33.8 Å². The summed E-state index contributed by atoms with van der Waals surface area (Å²) in [4.78, 5) is 61.5. The van der Waals surface area contributed by atoms with Gasteiger partial charge in [0.05, 0.1) is 29.5 Å². The first-order chi connectivity index (χ1) is 25.6. The van der Waals surface area contributed by atoms with Crippen LogP contribution in [0.25, 0.3) is 11.0 Å². The van der Waals surface area contributed by atoms with Crippen molar-refractivity contribution in [3.8, 4) is 0 Å². The fourth-order valence-electron chi connectivity index (χ4n) is 8.17. The third-order valence-electron chi connectivity index (χ3n) is 10.9. The standard InChI is InChI=1S/C39H47BrN6O7/c1-5-7-19-30(48)43(4)25(3)33(26-15-9-8-10-16-26)52-38(51)31-32-36(49)45(21-13-14-22-47)35(39(32)23-27(40)34(31)53-39)37(50)44(20-6-2)24-46-29-18-12-11-17-28(29)41-42-46/h5-6,8-12,15-18,25,27,31-35,47H,1-2,7,13-14,19-24H2,3-4H3/t25-,27?,31-,32+,33+,34-,35-,39+/m1/s1. The number of nitrogens with zero attached hydrogens (tertiary/aromatic N) is 6. The maximum atomic E-state index is 14.9. The van der Waals surface area contributed by atoms with Crippen molar-refractivity contribution in [2.45, 2.75) is 80.4 Å². The number of allylic oxidation sites excluding steroid dienone is 1. The van der Waals surface area contributed by atoms with Gasteiger partial charge in [-0.05, 0) is 50.3 Å². The van der Waals surface area contributed by atoms with Crippen LogP contribution < -0.4 is 0 Å². The number of carbonyl (C=O) groups excluding carboxylic acids is 4. The number of aromatic nitrogens is 3. The molecule has 2 bridgehead atoms. The van der Waals surface area contributed by atoms with Crippen molar-refractivity contribution >= 4 is 50.7 Å². The largest absolute Gasteiger partial charge is 0.455 e. The average molecular weight is 792 g/mol. The van der Waals surface area contributed by atoms with Crippen LogP contribution in [0.15, 0.2) is 79.9 Å². The van der Waals surface area contributed by atoms with E-state index in [0.717, 1.165) is 5.52 Å². The van der Waals surface area contributed by atoms with Gasteiger partial charge in [-0.15, -0.1) is 18.3 Å². The molecular weight excluding hydrogens is 744 g/mol. The van der Waals surface area contributed by atoms with Crippen LogP contribution in [0.4, 0.5) is 0 Å². The predicted octanol–water partition coefficient (Wildman–Crippen LogP) is 4.02. The Morgan fingerprint density at radius 1 is 1.13 bits per heavy atom. The van der Waals surface area contributed by atoms with Gasteiger partial charge in [-0.1, -0.05) is 75.8 Å². The number of amides is 3. The summed E-state index contributed by atoms with van der Waals surface area (Å²) in [6, 6.07) is 15.0. The number of fused-ring (bicyclic) bond motifs is 2. The molecule has 14 heteroatoms. The highest BCUT2D eigenvalue weighted by Crippen LogP contribution is 2.60. The van der Waals surface area contributed by atoms with Crippen LogP contribution in [0.3, 0.4) is 0 Å². The number of unbranched alkanes of at least 4 members (excludes halogenated alkanes) is 1. The molecule has 3 amide bonds. The lowest BCUT2D eigenvalue weighted by molar-refractivity contribution is -0.164. The molecule has 0 radical (unpaired) electrons. The normalized spacial score (nSPS) is 25.5. The highest BCUT2D eigenvalue weighted by atomic mass is 79.9. The van der Waals surface area contributed by atoms with Gasteiger partial charge in [0.15, 0.2) is 0 Å². The summed E-state index contributed by atoms with van der Waals surface area (Å²) in [7, 11) is 1.68. The fraction of sp³-hybridized carbons (Fsp3) is 0.487. The number of carbonyl (C=O) groups is 4. The number of hydrogen-bond acceptors (Lipinski definition) is 9. The average Bonchev–Trinajstić information content (AvgIpc) is 3.89. The Balaban J connectivity index is 1.33. The number of alkyl halides is 1. The summed E-state index contributed by atoms with van der Waals surface area (Å²) in [5.74, 6) is -3.50. The van der Waals surface area contributed by atoms with E-state index in [4.69, 9.17) is 9.47 Å². The number of halogens is 1. The van der Waals surface area contributed by atoms with Gasteiger partial charge in [0, 0.05) is 38.0 Å². The molecule has 13 nitrogen and oxygen atoms in total. The summed E-state index contributed by atoms with van der Waals surface area (Å²) >= 11 is 3.75. The van der Waals surface area contributed by atoms with Crippen LogP contribution in [0, 0.1) is 11.8 Å². The second-order valence-electron chi connectivity index (χ2n) is 14.0. The van der Waals surface area contributed by atoms with Gasteiger partial charge in [0.1, 0.15) is 29.9 Å². The predicted molar refractivity (Wildman–Crippen MR) is 200 cm³/mol. The van der Waals surface area contributed by atoms with Crippen molar-refractivity contribution in [1.29, 1.82) is 0 Å². The van der Waals surface area contributed by atoms with Crippen LogP contribution >= 0.6 is 15.9 Å². The summed E-state index contributed by atoms with van der Waals surface area (Å²) < 4.78 is 14.7. The Bertz CT molecular complexity index is 1840. The molecule has 4 heterocycles. The zero-order chi connectivity index (χ0) is 37.9. The highest BCUT2D eigenvalue weighted by Gasteiger charge is 2.77. The van der Waals surface area contributed by atoms with Crippen molar-refractivity contribution in [2.75, 3.05) is 26.7 Å². The maximum Gasteiger partial charge on any atom is 0.313 e. The van der Waals surface area contributed by atoms with Gasteiger partial charge >= 0.3 is 5.97 Å². The van der Waals surface area contributed by atoms with Crippen molar-refractivity contribution in [1.82, 2.24) is 29.7 Å². The topological polar surface area (TPSA) is 147 Å². The number of ether oxygens (including phenoxy) is 2. The molecule has 1 unspecified atom stereocenters. The molecule has 2 aromatic carbocycles. The molecule has 0 saturated carbocycles. The van der Waals surface area contributed by atoms with Gasteiger partial charge < -0.3 is 29.3 Å². The molecule has 0 aliphatic carbocycles. The third kappa shape index (κ3) is 7.16. The number of likely N-dealkylation sites (N-methyl/N-ethyl adjacent to an activating group) is 1. The monoisotopic (exact) mass is 790 g/mol. The smallest absolute Gasteiger partial charge is 0.313 e. The number of hydrogen-bond donors (Lipinski definition) is 1. The van der Waals surface area contributed by atoms with Gasteiger partial charge in [-0.25, -0.2) is 4.68 Å². The third-order valence-corrected chi connectivity index (χ3v) is 11.7. The molecular formula is C39H47BrN6O7. The first-order valence-electron chi connectivity index (χ1n) is 18.1. The summed E-state index contributed by atoms with van der Waals surface area (Å²) in [6.07, 6.45) is 3.68. The number of aliphatic hydroxyl groups is 1. The molecule has 8 atom stereocenters. The van der Waals surface area contributed by atoms with Crippen molar-refractivity contribution in [2.24, 2.45) is 11.8 Å². The highest BCUT2D eigenvalue weighted by molar-refractivity contribution is 9.09. The lowest BCUT2D eigenvalue weighted by Gasteiger charge is -2.37. The molecule has 3 aliphatic rings. The Hall–Kier alpha value is -4.40. The first-order valence-corrected chi connectivity index (χ1v) is 19.0. The van der Waals surface area contributed by atoms with E-state index in [1.54, 1.807) is 33.7 Å². The second-order valence-corrected chi connectivity index (χ2v) is 15.2. The number of benzene rings is 2. The number of rotatable bonds is 17. The Labute approximate surface area is 317 Å². The van der Waals surface area contributed by atoms with Crippen LogP contribution in [0.1, 0.15) is 50.7 Å². The summed E-state index contributed by atoms with van der Waals surface area (Å²) in [5, 5.41) is 18.1. The van der Waals surface area contributed by atoms with Crippen LogP contribution in [-0.2, 0) is 35.3 Å². The molecule has 1 spiro atoms. The molecule has 282 valence electrons. The minimum absolute atomic E-state index is 0.0452. The molecule has 6 rings (SSSR count). The Morgan fingerprint density at radius 3 is 2.58 bits per heavy atom. The van der Waals surface area contributed by atoms with E-state index in [-0.39, 0.29) is 55.3 Å². The van der Waals surface area contributed by atoms with E-state index < -0.39 is 47.7 Å². The van der Waals surface area contributed by atoms with Crippen molar-refractivity contribution in [3.63, 3.8) is 0 Å². The Morgan fingerprint density at radius 2 is 1.87 bits per heavy atom. The molecule has 3 aliphatic heterocycles. The molecule has 1 N–H and O–H groups in total. The zero-order valence-corrected chi connectivity index (χ0v) is 31.7. The van der Waals surface area contributed by atoms with E-state index in [2.05, 4.69) is 39.4 Å². The van der Waals surface area contributed by atoms with E-state index in [1.165, 1.54) is 4.90 Å². The quantitative estimate of drug-likeness (QED) is 0.0927. The molecule has 1 aromatic heterocycles.